The molecule has 0 aromatic heterocycles. The molecule has 3 rings (SSSR count). The number of aliphatic imine (C=N–C) groups is 1. The van der Waals surface area contributed by atoms with E-state index in [-0.39, 0.29) is 17.3 Å². The number of amides is 1. The van der Waals surface area contributed by atoms with Crippen molar-refractivity contribution < 1.29 is 22.7 Å². The van der Waals surface area contributed by atoms with Crippen molar-refractivity contribution in [1.82, 2.24) is 4.90 Å². The van der Waals surface area contributed by atoms with E-state index in [0.717, 1.165) is 0 Å². The Balaban J connectivity index is 2.21. The molecule has 8 heteroatoms. The van der Waals surface area contributed by atoms with E-state index in [9.17, 15) is 18.0 Å². The zero-order chi connectivity index (χ0) is 24.3. The van der Waals surface area contributed by atoms with Crippen LogP contribution in [0.5, 0.6) is 5.75 Å². The van der Waals surface area contributed by atoms with Crippen molar-refractivity contribution in [3.63, 3.8) is 0 Å². The summed E-state index contributed by atoms with van der Waals surface area (Å²) in [7, 11) is 1.49. The van der Waals surface area contributed by atoms with Crippen LogP contribution >= 0.6 is 0 Å². The smallest absolute Gasteiger partial charge is 0.387 e. The van der Waals surface area contributed by atoms with Gasteiger partial charge in [0.05, 0.1) is 5.56 Å². The van der Waals surface area contributed by atoms with Crippen LogP contribution in [0, 0.1) is 23.6 Å². The molecule has 2 N–H and O–H groups in total. The van der Waals surface area contributed by atoms with Gasteiger partial charge in [-0.2, -0.15) is 8.78 Å². The van der Waals surface area contributed by atoms with Gasteiger partial charge in [0, 0.05) is 13.5 Å². The molecule has 0 saturated carbocycles. The van der Waals surface area contributed by atoms with Gasteiger partial charge in [0.15, 0.2) is 11.5 Å². The maximum absolute atomic E-state index is 14.5. The van der Waals surface area contributed by atoms with E-state index in [0.29, 0.717) is 35.4 Å². The van der Waals surface area contributed by atoms with Crippen LogP contribution in [0.4, 0.5) is 13.2 Å². The fraction of sp³-hybridized carbons (Fsp3) is 0.360. The molecule has 1 aliphatic rings. The molecule has 2 aromatic rings. The fourth-order valence-corrected chi connectivity index (χ4v) is 3.67. The van der Waals surface area contributed by atoms with Gasteiger partial charge in [0.2, 0.25) is 0 Å². The van der Waals surface area contributed by atoms with Crippen LogP contribution in [0.25, 0.3) is 0 Å². The van der Waals surface area contributed by atoms with Gasteiger partial charge in [-0.15, -0.1) is 0 Å². The molecule has 0 fully saturated rings. The molecule has 5 nitrogen and oxygen atoms in total. The normalized spacial score (nSPS) is 17.9. The Morgan fingerprint density at radius 2 is 1.85 bits per heavy atom. The number of alkyl halides is 2. The van der Waals surface area contributed by atoms with Crippen molar-refractivity contribution >= 4 is 11.9 Å². The second-order valence-electron chi connectivity index (χ2n) is 8.19. The summed E-state index contributed by atoms with van der Waals surface area (Å²) in [6, 6.07) is 8.67. The number of likely N-dealkylation sites (N-methyl/N-ethyl adjacent to an activating group) is 1. The van der Waals surface area contributed by atoms with Crippen molar-refractivity contribution in [2.75, 3.05) is 7.05 Å². The number of hydrogen-bond donors (Lipinski definition) is 1. The predicted molar refractivity (Wildman–Crippen MR) is 120 cm³/mol. The molecule has 0 unspecified atom stereocenters. The number of nitrogens with two attached hydrogens (primary N) is 1. The van der Waals surface area contributed by atoms with Crippen LogP contribution in [0.3, 0.4) is 0 Å². The van der Waals surface area contributed by atoms with E-state index in [4.69, 9.17) is 5.73 Å². The predicted octanol–water partition coefficient (Wildman–Crippen LogP) is 4.42. The molecule has 0 radical (unpaired) electrons. The Hall–Kier alpha value is -3.47. The van der Waals surface area contributed by atoms with Crippen LogP contribution in [-0.4, -0.2) is 30.4 Å². The third-order valence-electron chi connectivity index (χ3n) is 5.43. The number of aryl methyl sites for hydroxylation is 1. The van der Waals surface area contributed by atoms with Crippen LogP contribution in [0.1, 0.15) is 49.4 Å². The Bertz CT molecular complexity index is 1150. The van der Waals surface area contributed by atoms with Crippen molar-refractivity contribution in [2.24, 2.45) is 16.6 Å². The highest BCUT2D eigenvalue weighted by molar-refractivity contribution is 6.09. The number of carbonyl (C=O) groups excluding carboxylic acids is 1. The topological polar surface area (TPSA) is 67.9 Å². The summed E-state index contributed by atoms with van der Waals surface area (Å²) >= 11 is 0. The van der Waals surface area contributed by atoms with Gasteiger partial charge >= 0.3 is 6.61 Å². The van der Waals surface area contributed by atoms with E-state index in [1.165, 1.54) is 42.3 Å². The molecule has 1 heterocycles. The number of carbonyl (C=O) groups is 1. The first kappa shape index (κ1) is 24.2. The lowest BCUT2D eigenvalue weighted by atomic mass is 9.81. The summed E-state index contributed by atoms with van der Waals surface area (Å²) in [4.78, 5) is 19.1. The van der Waals surface area contributed by atoms with Crippen LogP contribution in [0.15, 0.2) is 41.4 Å². The molecule has 174 valence electrons. The van der Waals surface area contributed by atoms with E-state index in [1.54, 1.807) is 13.0 Å². The Morgan fingerprint density at radius 3 is 2.42 bits per heavy atom. The molecular formula is C25H26F3N3O2. The summed E-state index contributed by atoms with van der Waals surface area (Å²) in [6.07, 6.45) is 0.970. The minimum Gasteiger partial charge on any atom is -0.435 e. The fourth-order valence-electron chi connectivity index (χ4n) is 3.67. The lowest BCUT2D eigenvalue weighted by Gasteiger charge is -2.27. The Kier molecular flexibility index (Phi) is 7.01. The minimum atomic E-state index is -2.98. The molecule has 1 aliphatic heterocycles. The van der Waals surface area contributed by atoms with Crippen molar-refractivity contribution in [3.05, 3.63) is 64.5 Å². The first-order chi connectivity index (χ1) is 15.6. The highest BCUT2D eigenvalue weighted by Crippen LogP contribution is 2.41. The van der Waals surface area contributed by atoms with Gasteiger partial charge in [-0.05, 0) is 53.3 Å². The molecule has 0 aliphatic carbocycles. The number of halogens is 3. The zero-order valence-corrected chi connectivity index (χ0v) is 19.0. The molecule has 33 heavy (non-hydrogen) atoms. The van der Waals surface area contributed by atoms with Crippen molar-refractivity contribution in [3.8, 4) is 17.6 Å². The number of hydrogen-bond acceptors (Lipinski definition) is 4. The first-order valence-electron chi connectivity index (χ1n) is 10.6. The van der Waals surface area contributed by atoms with E-state index >= 15 is 0 Å². The van der Waals surface area contributed by atoms with Gasteiger partial charge < -0.3 is 10.5 Å². The van der Waals surface area contributed by atoms with Gasteiger partial charge in [0.25, 0.3) is 5.91 Å². The summed E-state index contributed by atoms with van der Waals surface area (Å²) in [5, 5.41) is 0. The van der Waals surface area contributed by atoms with Gasteiger partial charge in [-0.1, -0.05) is 44.7 Å². The lowest BCUT2D eigenvalue weighted by molar-refractivity contribution is -0.129. The van der Waals surface area contributed by atoms with Crippen LogP contribution in [0.2, 0.25) is 0 Å². The highest BCUT2D eigenvalue weighted by atomic mass is 19.3. The van der Waals surface area contributed by atoms with Crippen molar-refractivity contribution in [1.29, 1.82) is 0 Å². The lowest BCUT2D eigenvalue weighted by Crippen LogP contribution is -2.41. The summed E-state index contributed by atoms with van der Waals surface area (Å²) in [5.41, 5.74) is 5.79. The Morgan fingerprint density at radius 1 is 1.18 bits per heavy atom. The number of rotatable bonds is 6. The van der Waals surface area contributed by atoms with Crippen molar-refractivity contribution in [2.45, 2.75) is 45.8 Å². The number of nitrogens with zero attached hydrogens (tertiary/aromatic N) is 2. The van der Waals surface area contributed by atoms with E-state index < -0.39 is 23.9 Å². The number of benzene rings is 2. The average Bonchev–Trinajstić information content (AvgIpc) is 2.99. The molecule has 1 atom stereocenters. The third-order valence-corrected chi connectivity index (χ3v) is 5.43. The standard InChI is InChI=1S/C25H26F3N3O2/c1-5-16-13-19(10-12-21(16)33-23(27)28)25(22(32)31(4)24(29)30-25)18-9-11-20(26)17(14-18)8-6-7-15(2)3/h9-15,23H,5,7H2,1-4H3,(H2,29,30)/t25-/m1/s1. The molecule has 0 saturated heterocycles. The summed E-state index contributed by atoms with van der Waals surface area (Å²) < 4.78 is 44.7. The quantitative estimate of drug-likeness (QED) is 0.653. The summed E-state index contributed by atoms with van der Waals surface area (Å²) in [6.45, 7) is 2.82. The third kappa shape index (κ3) is 4.68. The van der Waals surface area contributed by atoms with Crippen LogP contribution in [-0.2, 0) is 16.8 Å². The summed E-state index contributed by atoms with van der Waals surface area (Å²) in [5.74, 6) is 5.15. The molecule has 0 bridgehead atoms. The average molecular weight is 457 g/mol. The highest BCUT2D eigenvalue weighted by Gasteiger charge is 2.50. The molecule has 1 amide bonds. The van der Waals surface area contributed by atoms with Gasteiger partial charge in [-0.3, -0.25) is 9.69 Å². The maximum atomic E-state index is 14.5. The zero-order valence-electron chi connectivity index (χ0n) is 19.0. The number of ether oxygens (including phenoxy) is 1. The SMILES string of the molecule is CCc1cc([C@@]2(c3ccc(F)c(C#CCC(C)C)c3)N=C(N)N(C)C2=O)ccc1OC(F)F. The maximum Gasteiger partial charge on any atom is 0.387 e. The van der Waals surface area contributed by atoms with Gasteiger partial charge in [0.1, 0.15) is 11.6 Å². The second-order valence-corrected chi connectivity index (χ2v) is 8.19. The Labute approximate surface area is 191 Å². The number of guanidine groups is 1. The van der Waals surface area contributed by atoms with Gasteiger partial charge in [-0.25, -0.2) is 9.38 Å². The van der Waals surface area contributed by atoms with E-state index in [1.807, 2.05) is 13.8 Å². The molecule has 0 spiro atoms. The monoisotopic (exact) mass is 457 g/mol. The molecule has 2 aromatic carbocycles. The second kappa shape index (κ2) is 9.57. The minimum absolute atomic E-state index is 0.0114. The largest absolute Gasteiger partial charge is 0.435 e. The van der Waals surface area contributed by atoms with Crippen LogP contribution < -0.4 is 10.5 Å². The first-order valence-corrected chi connectivity index (χ1v) is 10.6. The molecular weight excluding hydrogens is 431 g/mol. The van der Waals surface area contributed by atoms with E-state index in [2.05, 4.69) is 21.6 Å².